The van der Waals surface area contributed by atoms with Crippen molar-refractivity contribution < 1.29 is 9.50 Å². The highest BCUT2D eigenvalue weighted by atomic mass is 127. The zero-order valence-electron chi connectivity index (χ0n) is 6.80. The Morgan fingerprint density at radius 1 is 1.54 bits per heavy atom. The van der Waals surface area contributed by atoms with E-state index in [1.807, 2.05) is 22.6 Å². The maximum atomic E-state index is 13.2. The molecule has 1 N–H and O–H groups in total. The van der Waals surface area contributed by atoms with Crippen molar-refractivity contribution in [2.45, 2.75) is 12.5 Å². The molecule has 0 heterocycles. The molecule has 0 radical (unpaired) electrons. The van der Waals surface area contributed by atoms with Gasteiger partial charge in [0.2, 0.25) is 0 Å². The monoisotopic (exact) mass is 314 g/mol. The van der Waals surface area contributed by atoms with Gasteiger partial charge in [-0.2, -0.15) is 0 Å². The Kier molecular flexibility index (Phi) is 4.41. The fourth-order valence-corrected chi connectivity index (χ4v) is 1.69. The van der Waals surface area contributed by atoms with E-state index in [4.69, 9.17) is 11.6 Å². The first-order chi connectivity index (χ1) is 6.15. The molecule has 0 amide bonds. The third kappa shape index (κ3) is 3.07. The van der Waals surface area contributed by atoms with Crippen molar-refractivity contribution in [3.8, 4) is 0 Å². The van der Waals surface area contributed by atoms with Crippen LogP contribution in [0, 0.1) is 9.39 Å². The maximum Gasteiger partial charge on any atom is 0.130 e. The van der Waals surface area contributed by atoms with Gasteiger partial charge in [-0.25, -0.2) is 4.39 Å². The van der Waals surface area contributed by atoms with Crippen LogP contribution in [0.2, 0.25) is 0 Å². The van der Waals surface area contributed by atoms with E-state index < -0.39 is 6.10 Å². The van der Waals surface area contributed by atoms with E-state index in [0.29, 0.717) is 17.9 Å². The van der Waals surface area contributed by atoms with Crippen molar-refractivity contribution in [3.63, 3.8) is 0 Å². The number of hydrogen-bond acceptors (Lipinski definition) is 1. The molecule has 0 aromatic heterocycles. The summed E-state index contributed by atoms with van der Waals surface area (Å²) in [6.07, 6.45) is -0.423. The lowest BCUT2D eigenvalue weighted by Gasteiger charge is -2.09. The molecule has 0 fully saturated rings. The van der Waals surface area contributed by atoms with Crippen LogP contribution in [0.25, 0.3) is 0 Å². The minimum absolute atomic E-state index is 0.320. The second-order valence-electron chi connectivity index (χ2n) is 2.66. The largest absolute Gasteiger partial charge is 0.388 e. The van der Waals surface area contributed by atoms with Gasteiger partial charge in [0.05, 0.1) is 6.10 Å². The summed E-state index contributed by atoms with van der Waals surface area (Å²) in [4.78, 5) is 0. The molecule has 1 unspecified atom stereocenters. The van der Waals surface area contributed by atoms with Crippen LogP contribution in [0.3, 0.4) is 0 Å². The summed E-state index contributed by atoms with van der Waals surface area (Å²) in [5, 5.41) is 9.47. The summed E-state index contributed by atoms with van der Waals surface area (Å²) in [7, 11) is 0. The first kappa shape index (κ1) is 11.2. The molecular weight excluding hydrogens is 305 g/mol. The van der Waals surface area contributed by atoms with Crippen LogP contribution in [0.1, 0.15) is 18.1 Å². The van der Waals surface area contributed by atoms with E-state index in [1.54, 1.807) is 12.1 Å². The number of halogens is 3. The normalized spacial score (nSPS) is 12.9. The number of alkyl halides is 1. The average Bonchev–Trinajstić information content (AvgIpc) is 2.04. The van der Waals surface area contributed by atoms with Crippen LogP contribution >= 0.6 is 34.2 Å². The predicted octanol–water partition coefficient (Wildman–Crippen LogP) is 3.09. The van der Waals surface area contributed by atoms with Gasteiger partial charge in [0.25, 0.3) is 0 Å². The fourth-order valence-electron chi connectivity index (χ4n) is 1.03. The van der Waals surface area contributed by atoms with E-state index in [9.17, 15) is 9.50 Å². The molecule has 0 aliphatic carbocycles. The molecule has 0 saturated heterocycles. The van der Waals surface area contributed by atoms with Crippen LogP contribution in [0.5, 0.6) is 0 Å². The molecule has 1 rings (SSSR count). The number of benzene rings is 1. The highest BCUT2D eigenvalue weighted by Gasteiger charge is 2.11. The Bertz CT molecular complexity index is 293. The molecule has 1 nitrogen and oxygen atoms in total. The molecule has 0 saturated carbocycles. The summed E-state index contributed by atoms with van der Waals surface area (Å²) in [5.41, 5.74) is 0.320. The minimum Gasteiger partial charge on any atom is -0.388 e. The quantitative estimate of drug-likeness (QED) is 0.671. The summed E-state index contributed by atoms with van der Waals surface area (Å²) in [5.74, 6) is -0.0448. The molecule has 0 aliphatic rings. The SMILES string of the molecule is OC(CCCl)c1ccc(I)cc1F. The van der Waals surface area contributed by atoms with Gasteiger partial charge in [-0.3, -0.25) is 0 Å². The van der Waals surface area contributed by atoms with Gasteiger partial charge in [-0.15, -0.1) is 11.6 Å². The average molecular weight is 315 g/mol. The van der Waals surface area contributed by atoms with Gasteiger partial charge in [0.15, 0.2) is 0 Å². The van der Waals surface area contributed by atoms with Crippen molar-refractivity contribution in [3.05, 3.63) is 33.1 Å². The smallest absolute Gasteiger partial charge is 0.130 e. The Labute approximate surface area is 95.1 Å². The standard InChI is InChI=1S/C9H9ClFIO/c10-4-3-9(13)7-2-1-6(12)5-8(7)11/h1-2,5,9,13H,3-4H2. The van der Waals surface area contributed by atoms with Crippen LogP contribution in [0.4, 0.5) is 4.39 Å². The molecule has 0 aliphatic heterocycles. The zero-order chi connectivity index (χ0) is 9.84. The third-order valence-corrected chi connectivity index (χ3v) is 2.59. The van der Waals surface area contributed by atoms with Crippen LogP contribution < -0.4 is 0 Å². The first-order valence-corrected chi connectivity index (χ1v) is 5.45. The second-order valence-corrected chi connectivity index (χ2v) is 4.28. The second kappa shape index (κ2) is 5.12. The third-order valence-electron chi connectivity index (χ3n) is 1.70. The Morgan fingerprint density at radius 2 is 2.23 bits per heavy atom. The topological polar surface area (TPSA) is 20.2 Å². The van der Waals surface area contributed by atoms with Crippen LogP contribution in [0.15, 0.2) is 18.2 Å². The van der Waals surface area contributed by atoms with E-state index in [0.717, 1.165) is 3.57 Å². The number of aliphatic hydroxyl groups excluding tert-OH is 1. The molecule has 13 heavy (non-hydrogen) atoms. The highest BCUT2D eigenvalue weighted by Crippen LogP contribution is 2.21. The van der Waals surface area contributed by atoms with E-state index >= 15 is 0 Å². The van der Waals surface area contributed by atoms with Gasteiger partial charge >= 0.3 is 0 Å². The van der Waals surface area contributed by atoms with E-state index in [-0.39, 0.29) is 5.82 Å². The molecule has 1 aromatic rings. The molecule has 0 bridgehead atoms. The van der Waals surface area contributed by atoms with Gasteiger partial charge < -0.3 is 5.11 Å². The first-order valence-electron chi connectivity index (χ1n) is 3.84. The van der Waals surface area contributed by atoms with Gasteiger partial charge in [0.1, 0.15) is 5.82 Å². The van der Waals surface area contributed by atoms with Gasteiger partial charge in [-0.05, 0) is 41.1 Å². The highest BCUT2D eigenvalue weighted by molar-refractivity contribution is 14.1. The van der Waals surface area contributed by atoms with E-state index in [2.05, 4.69) is 0 Å². The summed E-state index contributed by atoms with van der Waals surface area (Å²) in [6, 6.07) is 4.75. The number of hydrogen-bond donors (Lipinski definition) is 1. The minimum atomic E-state index is -0.797. The Morgan fingerprint density at radius 3 is 2.77 bits per heavy atom. The van der Waals surface area contributed by atoms with Crippen molar-refractivity contribution in [1.29, 1.82) is 0 Å². The zero-order valence-corrected chi connectivity index (χ0v) is 9.72. The fraction of sp³-hybridized carbons (Fsp3) is 0.333. The molecule has 1 atom stereocenters. The van der Waals surface area contributed by atoms with Crippen LogP contribution in [-0.4, -0.2) is 11.0 Å². The Balaban J connectivity index is 2.88. The van der Waals surface area contributed by atoms with Crippen molar-refractivity contribution in [2.24, 2.45) is 0 Å². The lowest BCUT2D eigenvalue weighted by Crippen LogP contribution is -2.01. The summed E-state index contributed by atoms with van der Waals surface area (Å²) < 4.78 is 14.0. The molecule has 0 spiro atoms. The number of aliphatic hydroxyl groups is 1. The molecule has 72 valence electrons. The maximum absolute atomic E-state index is 13.2. The predicted molar refractivity (Wildman–Crippen MR) is 59.4 cm³/mol. The van der Waals surface area contributed by atoms with Gasteiger partial charge in [-0.1, -0.05) is 6.07 Å². The summed E-state index contributed by atoms with van der Waals surface area (Å²) in [6.45, 7) is 0. The number of rotatable bonds is 3. The molecule has 1 aromatic carbocycles. The van der Waals surface area contributed by atoms with Crippen molar-refractivity contribution in [1.82, 2.24) is 0 Å². The molecule has 4 heteroatoms. The van der Waals surface area contributed by atoms with Gasteiger partial charge in [0, 0.05) is 15.0 Å². The lowest BCUT2D eigenvalue weighted by molar-refractivity contribution is 0.170. The van der Waals surface area contributed by atoms with E-state index in [1.165, 1.54) is 6.07 Å². The van der Waals surface area contributed by atoms with Crippen molar-refractivity contribution in [2.75, 3.05) is 5.88 Å². The molecular formula is C9H9ClFIO. The Hall–Kier alpha value is 0.130. The van der Waals surface area contributed by atoms with Crippen molar-refractivity contribution >= 4 is 34.2 Å². The van der Waals surface area contributed by atoms with Crippen LogP contribution in [-0.2, 0) is 0 Å². The lowest BCUT2D eigenvalue weighted by atomic mass is 10.1. The summed E-state index contributed by atoms with van der Waals surface area (Å²) >= 11 is 7.47.